The summed E-state index contributed by atoms with van der Waals surface area (Å²) in [5.74, 6) is 0. The van der Waals surface area contributed by atoms with Gasteiger partial charge in [0.25, 0.3) is 0 Å². The summed E-state index contributed by atoms with van der Waals surface area (Å²) in [4.78, 5) is 2.41. The predicted molar refractivity (Wildman–Crippen MR) is 493 cm³/mol. The Morgan fingerprint density at radius 2 is 0.452 bits per heavy atom. The van der Waals surface area contributed by atoms with E-state index >= 15 is 0 Å². The van der Waals surface area contributed by atoms with Crippen molar-refractivity contribution in [2.45, 2.75) is 0 Å². The zero-order valence-corrected chi connectivity index (χ0v) is 64.1. The van der Waals surface area contributed by atoms with Gasteiger partial charge in [-0.2, -0.15) is 0 Å². The van der Waals surface area contributed by atoms with Crippen molar-refractivity contribution in [3.8, 4) is 111 Å². The van der Waals surface area contributed by atoms with Gasteiger partial charge in [0.05, 0.1) is 5.69 Å². The molecule has 0 unspecified atom stereocenters. The molecule has 0 fully saturated rings. The number of anilines is 5. The van der Waals surface area contributed by atoms with E-state index < -0.39 is 0 Å². The Hall–Kier alpha value is -14.7. The molecule has 0 aliphatic heterocycles. The molecule has 115 heavy (non-hydrogen) atoms. The van der Waals surface area contributed by atoms with Gasteiger partial charge in [0, 0.05) is 38.9 Å². The number of nitrogens with one attached hydrogen (secondary N) is 1. The fraction of sp³-hybridized carbons (Fsp3) is 0. The van der Waals surface area contributed by atoms with Crippen molar-refractivity contribution in [3.63, 3.8) is 0 Å². The lowest BCUT2D eigenvalue weighted by atomic mass is 9.93. The minimum absolute atomic E-state index is 0.767. The predicted octanol–water partition coefficient (Wildman–Crippen LogP) is 32.2. The van der Waals surface area contributed by atoms with E-state index in [-0.39, 0.29) is 0 Å². The summed E-state index contributed by atoms with van der Waals surface area (Å²) in [6.07, 6.45) is 0. The summed E-state index contributed by atoms with van der Waals surface area (Å²) in [7, 11) is 0. The minimum Gasteiger partial charge on any atom is -0.355 e. The lowest BCUT2D eigenvalue weighted by Gasteiger charge is -2.29. The van der Waals surface area contributed by atoms with Crippen LogP contribution in [-0.4, -0.2) is 0 Å². The fourth-order valence-corrected chi connectivity index (χ4v) is 16.2. The summed E-state index contributed by atoms with van der Waals surface area (Å²) < 4.78 is 0. The van der Waals surface area contributed by atoms with Crippen LogP contribution in [0.1, 0.15) is 0 Å². The van der Waals surface area contributed by atoms with Crippen molar-refractivity contribution in [2.24, 2.45) is 0 Å². The fourth-order valence-electron chi connectivity index (χ4n) is 16.0. The third-order valence-electron chi connectivity index (χ3n) is 21.7. The van der Waals surface area contributed by atoms with Crippen LogP contribution in [0.4, 0.5) is 28.4 Å². The molecule has 0 heterocycles. The molecule has 0 amide bonds. The molecule has 2 nitrogen and oxygen atoms in total. The molecule has 0 aliphatic carbocycles. The molecule has 0 spiro atoms. The summed E-state index contributed by atoms with van der Waals surface area (Å²) in [6, 6.07) is 169. The van der Waals surface area contributed by atoms with Crippen LogP contribution in [0.3, 0.4) is 0 Å². The number of rotatable bonds is 15. The van der Waals surface area contributed by atoms with Gasteiger partial charge in [0.1, 0.15) is 0 Å². The van der Waals surface area contributed by atoms with Crippen molar-refractivity contribution < 1.29 is 0 Å². The van der Waals surface area contributed by atoms with E-state index in [0.29, 0.717) is 0 Å². The van der Waals surface area contributed by atoms with Gasteiger partial charge in [-0.05, 0) is 228 Å². The van der Waals surface area contributed by atoms with Gasteiger partial charge in [-0.3, -0.25) is 0 Å². The van der Waals surface area contributed by atoms with Gasteiger partial charge in [0.15, 0.2) is 0 Å². The van der Waals surface area contributed by atoms with Crippen molar-refractivity contribution >= 4 is 83.1 Å². The van der Waals surface area contributed by atoms with Crippen LogP contribution in [0.2, 0.25) is 5.02 Å². The van der Waals surface area contributed by atoms with Crippen LogP contribution < -0.4 is 10.2 Å². The van der Waals surface area contributed by atoms with E-state index in [2.05, 4.69) is 471 Å². The number of benzene rings is 20. The maximum atomic E-state index is 6.01. The SMILES string of the molecule is Clc1ccc(-c2cc3ccccc3c3ccccc23)cc1.c1ccc(-c2ccc(N(c3ccc(-c4ccccc4-c4ccccc4)cc3)c3ccc(-c4cc5ccccc5c5ccccc45)cc3)c(-c3ccccc3)c2)cc1.c1ccc(-c2ccc(Nc3ccc(-c4ccccc4-c4ccccc4)cc3)c(-c3ccccc3)c2)cc1. The van der Waals surface area contributed by atoms with Crippen LogP contribution in [0, 0.1) is 0 Å². The van der Waals surface area contributed by atoms with Gasteiger partial charge in [-0.1, -0.05) is 400 Å². The average molecular weight is 1490 g/mol. The smallest absolute Gasteiger partial charge is 0.0540 e. The van der Waals surface area contributed by atoms with Gasteiger partial charge in [-0.25, -0.2) is 0 Å². The van der Waals surface area contributed by atoms with Crippen molar-refractivity contribution in [2.75, 3.05) is 10.2 Å². The molecular formula is C112H79ClN2. The number of fused-ring (bicyclic) bond motifs is 6. The quantitative estimate of drug-likeness (QED) is 0.103. The van der Waals surface area contributed by atoms with Gasteiger partial charge in [-0.15, -0.1) is 0 Å². The Morgan fingerprint density at radius 1 is 0.174 bits per heavy atom. The van der Waals surface area contributed by atoms with Crippen LogP contribution in [0.25, 0.3) is 154 Å². The zero-order valence-electron chi connectivity index (χ0n) is 63.4. The lowest BCUT2D eigenvalue weighted by Crippen LogP contribution is -2.11. The average Bonchev–Trinajstić information content (AvgIpc) is 0.761. The van der Waals surface area contributed by atoms with E-state index in [1.54, 1.807) is 0 Å². The normalized spacial score (nSPS) is 11.0. The minimum atomic E-state index is 0.767. The first-order valence-corrected chi connectivity index (χ1v) is 39.6. The Bertz CT molecular complexity index is 6740. The maximum Gasteiger partial charge on any atom is 0.0540 e. The summed E-state index contributed by atoms with van der Waals surface area (Å²) in [6.45, 7) is 0. The van der Waals surface area contributed by atoms with E-state index in [1.807, 2.05) is 12.1 Å². The monoisotopic (exact) mass is 1490 g/mol. The van der Waals surface area contributed by atoms with E-state index in [4.69, 9.17) is 11.6 Å². The standard InChI is InChI=1S/C56H39N.C36H27N.C20H13Cl/c1-4-16-40(17-5-1)45-32-37-56(55(38-45)42-20-8-3-9-21-42)57(47-33-28-43(29-34-47)50-24-13-12-23-49(50)41-18-6-2-7-19-41)48-35-30-44(31-36-48)54-39-46-22-10-11-25-51(46)52-26-14-15-27-53(52)54;1-4-12-27(13-5-1)31-22-25-36(35(26-31)29-16-8-3-9-17-29)37-32-23-20-30(21-24-32)34-19-11-10-18-33(34)28-14-6-2-7-15-28;21-16-11-9-14(10-12-16)20-13-15-5-1-2-6-17(15)18-7-3-4-8-19(18)20/h1-39H;1-26,37H;1-13H. The molecule has 20 aromatic rings. The number of hydrogen-bond donors (Lipinski definition) is 1. The third-order valence-corrected chi connectivity index (χ3v) is 22.0. The molecule has 0 bridgehead atoms. The summed E-state index contributed by atoms with van der Waals surface area (Å²) in [5.41, 5.74) is 29.6. The second-order valence-electron chi connectivity index (χ2n) is 28.8. The van der Waals surface area contributed by atoms with Crippen LogP contribution in [0.5, 0.6) is 0 Å². The first kappa shape index (κ1) is 71.9. The molecule has 20 aromatic carbocycles. The lowest BCUT2D eigenvalue weighted by molar-refractivity contribution is 1.28. The Balaban J connectivity index is 0.000000134. The molecular weight excluding hydrogens is 1410 g/mol. The highest BCUT2D eigenvalue weighted by Crippen LogP contribution is 2.46. The highest BCUT2D eigenvalue weighted by atomic mass is 35.5. The first-order chi connectivity index (χ1) is 57.0. The second kappa shape index (κ2) is 33.5. The molecule has 0 saturated carbocycles. The Labute approximate surface area is 678 Å². The van der Waals surface area contributed by atoms with E-state index in [9.17, 15) is 0 Å². The van der Waals surface area contributed by atoms with E-state index in [1.165, 1.54) is 154 Å². The molecule has 0 aromatic heterocycles. The molecule has 544 valence electrons. The first-order valence-electron chi connectivity index (χ1n) is 39.2. The third kappa shape index (κ3) is 15.6. The Kier molecular flexibility index (Phi) is 20.9. The van der Waals surface area contributed by atoms with E-state index in [0.717, 1.165) is 33.5 Å². The summed E-state index contributed by atoms with van der Waals surface area (Å²) >= 11 is 6.01. The molecule has 3 heteroatoms. The van der Waals surface area contributed by atoms with Gasteiger partial charge in [0.2, 0.25) is 0 Å². The molecule has 0 aliphatic rings. The van der Waals surface area contributed by atoms with Gasteiger partial charge < -0.3 is 10.2 Å². The summed E-state index contributed by atoms with van der Waals surface area (Å²) in [5, 5.41) is 14.6. The number of hydrogen-bond acceptors (Lipinski definition) is 2. The molecule has 0 radical (unpaired) electrons. The number of halogens is 1. The van der Waals surface area contributed by atoms with Crippen LogP contribution >= 0.6 is 11.6 Å². The van der Waals surface area contributed by atoms with Crippen molar-refractivity contribution in [1.82, 2.24) is 0 Å². The molecule has 0 saturated heterocycles. The van der Waals surface area contributed by atoms with Crippen molar-refractivity contribution in [3.05, 3.63) is 478 Å². The topological polar surface area (TPSA) is 15.3 Å². The number of nitrogens with zero attached hydrogens (tertiary/aromatic N) is 1. The molecule has 20 rings (SSSR count). The highest BCUT2D eigenvalue weighted by molar-refractivity contribution is 6.30. The molecule has 1 N–H and O–H groups in total. The Morgan fingerprint density at radius 3 is 0.861 bits per heavy atom. The second-order valence-corrected chi connectivity index (χ2v) is 29.2. The van der Waals surface area contributed by atoms with Crippen LogP contribution in [0.15, 0.2) is 473 Å². The highest BCUT2D eigenvalue weighted by Gasteiger charge is 2.21. The zero-order chi connectivity index (χ0) is 77.1. The van der Waals surface area contributed by atoms with Crippen LogP contribution in [-0.2, 0) is 0 Å². The van der Waals surface area contributed by atoms with Gasteiger partial charge >= 0.3 is 0 Å². The maximum absolute atomic E-state index is 6.01. The molecule has 0 atom stereocenters. The largest absolute Gasteiger partial charge is 0.355 e. The van der Waals surface area contributed by atoms with Crippen molar-refractivity contribution in [1.29, 1.82) is 0 Å².